The first kappa shape index (κ1) is 20.8. The number of likely N-dealkylation sites (tertiary alicyclic amines) is 1. The maximum atomic E-state index is 13.0. The summed E-state index contributed by atoms with van der Waals surface area (Å²) in [5.74, 6) is 0.148. The second-order valence-corrected chi connectivity index (χ2v) is 7.86. The van der Waals surface area contributed by atoms with Crippen LogP contribution in [0.3, 0.4) is 0 Å². The monoisotopic (exact) mass is 410 g/mol. The van der Waals surface area contributed by atoms with Gasteiger partial charge in [-0.2, -0.15) is 13.2 Å². The number of rotatable bonds is 6. The third kappa shape index (κ3) is 4.73. The smallest absolute Gasteiger partial charge is 0.303 e. The average molecular weight is 411 g/mol. The Morgan fingerprint density at radius 2 is 1.82 bits per heavy atom. The molecule has 7 heteroatoms. The largest absolute Gasteiger partial charge is 0.417 e. The van der Waals surface area contributed by atoms with Crippen LogP contribution in [0.25, 0.3) is 0 Å². The number of carbonyl (C=O) groups excluding carboxylic acids is 1. The molecule has 0 bridgehead atoms. The zero-order valence-electron chi connectivity index (χ0n) is 15.8. The van der Waals surface area contributed by atoms with Gasteiger partial charge < -0.3 is 4.79 Å². The van der Waals surface area contributed by atoms with Crippen molar-refractivity contribution in [2.45, 2.75) is 39.4 Å². The number of alkyl halides is 3. The molecule has 0 amide bonds. The first-order valence-electron chi connectivity index (χ1n) is 9.15. The normalized spacial score (nSPS) is 15.5. The van der Waals surface area contributed by atoms with E-state index in [0.717, 1.165) is 54.9 Å². The summed E-state index contributed by atoms with van der Waals surface area (Å²) in [5.41, 5.74) is 4.08. The van der Waals surface area contributed by atoms with Gasteiger partial charge >= 0.3 is 6.18 Å². The molecule has 0 aliphatic carbocycles. The number of hydrogen-bond acceptors (Lipinski definition) is 3. The molecule has 0 unspecified atom stereocenters. The molecule has 0 spiro atoms. The summed E-state index contributed by atoms with van der Waals surface area (Å²) in [5, 5.41) is -0.379. The fourth-order valence-electron chi connectivity index (χ4n) is 3.74. The lowest BCUT2D eigenvalue weighted by atomic mass is 9.94. The van der Waals surface area contributed by atoms with Crippen molar-refractivity contribution < 1.29 is 18.0 Å². The van der Waals surface area contributed by atoms with Gasteiger partial charge in [0, 0.05) is 37.4 Å². The molecule has 2 heterocycles. The van der Waals surface area contributed by atoms with Crippen LogP contribution >= 0.6 is 11.6 Å². The Morgan fingerprint density at radius 3 is 2.39 bits per heavy atom. The van der Waals surface area contributed by atoms with E-state index in [9.17, 15) is 18.0 Å². The molecule has 1 aliphatic heterocycles. The first-order valence-corrected chi connectivity index (χ1v) is 9.53. The van der Waals surface area contributed by atoms with Crippen LogP contribution in [0.4, 0.5) is 13.2 Å². The number of aryl methyl sites for hydroxylation is 3. The van der Waals surface area contributed by atoms with Gasteiger partial charge in [0.05, 0.1) is 10.6 Å². The minimum Gasteiger partial charge on any atom is -0.303 e. The molecule has 0 saturated carbocycles. The molecule has 3 nitrogen and oxygen atoms in total. The molecule has 1 aromatic carbocycles. The van der Waals surface area contributed by atoms with Gasteiger partial charge in [-0.3, -0.25) is 9.88 Å². The van der Waals surface area contributed by atoms with E-state index in [-0.39, 0.29) is 10.9 Å². The molecule has 1 saturated heterocycles. The Hall–Kier alpha value is -1.92. The highest BCUT2D eigenvalue weighted by Gasteiger charge is 2.33. The summed E-state index contributed by atoms with van der Waals surface area (Å²) < 4.78 is 39.0. The molecule has 1 aromatic heterocycles. The fourth-order valence-corrected chi connectivity index (χ4v) is 3.95. The summed E-state index contributed by atoms with van der Waals surface area (Å²) in [6.45, 7) is 6.44. The summed E-state index contributed by atoms with van der Waals surface area (Å²) in [6.07, 6.45) is -1.38. The predicted molar refractivity (Wildman–Crippen MR) is 102 cm³/mol. The number of benzene rings is 1. The van der Waals surface area contributed by atoms with Gasteiger partial charge in [-0.15, -0.1) is 0 Å². The maximum Gasteiger partial charge on any atom is 0.417 e. The van der Waals surface area contributed by atoms with Crippen molar-refractivity contribution in [3.63, 3.8) is 0 Å². The van der Waals surface area contributed by atoms with E-state index < -0.39 is 11.7 Å². The quantitative estimate of drug-likeness (QED) is 0.642. The summed E-state index contributed by atoms with van der Waals surface area (Å²) in [6, 6.07) is 5.27. The minimum atomic E-state index is -4.48. The van der Waals surface area contributed by atoms with Crippen molar-refractivity contribution in [1.29, 1.82) is 0 Å². The number of aldehydes is 1. The van der Waals surface area contributed by atoms with Crippen molar-refractivity contribution in [3.8, 4) is 0 Å². The van der Waals surface area contributed by atoms with Crippen molar-refractivity contribution in [3.05, 3.63) is 62.9 Å². The number of pyridine rings is 1. The van der Waals surface area contributed by atoms with Crippen LogP contribution in [0.2, 0.25) is 5.02 Å². The lowest BCUT2D eigenvalue weighted by molar-refractivity contribution is -0.137. The lowest BCUT2D eigenvalue weighted by Crippen LogP contribution is -2.46. The average Bonchev–Trinajstić information content (AvgIpc) is 2.57. The molecule has 1 fully saturated rings. The highest BCUT2D eigenvalue weighted by molar-refractivity contribution is 6.31. The second kappa shape index (κ2) is 8.21. The van der Waals surface area contributed by atoms with Crippen molar-refractivity contribution in [2.24, 2.45) is 5.92 Å². The molecule has 1 aliphatic rings. The van der Waals surface area contributed by atoms with Crippen molar-refractivity contribution in [2.75, 3.05) is 13.1 Å². The SMILES string of the molecule is Cc1cc(CN2CC(C=O)C2)cc(C)c1CCc1cc(C(F)(F)F)c(Cl)cn1. The number of hydrogen-bond donors (Lipinski definition) is 0. The Kier molecular flexibility index (Phi) is 6.10. The van der Waals surface area contributed by atoms with Crippen LogP contribution in [0, 0.1) is 19.8 Å². The van der Waals surface area contributed by atoms with Crippen LogP contribution in [-0.2, 0) is 30.4 Å². The zero-order chi connectivity index (χ0) is 20.5. The topological polar surface area (TPSA) is 33.2 Å². The third-order valence-electron chi connectivity index (χ3n) is 5.19. The van der Waals surface area contributed by atoms with Crippen molar-refractivity contribution >= 4 is 17.9 Å². The molecule has 0 N–H and O–H groups in total. The van der Waals surface area contributed by atoms with Gasteiger partial charge in [0.2, 0.25) is 0 Å². The van der Waals surface area contributed by atoms with E-state index in [1.54, 1.807) is 0 Å². The predicted octanol–water partition coefficient (Wildman–Crippen LogP) is 4.79. The minimum absolute atomic E-state index is 0.148. The Bertz CT molecular complexity index is 853. The molecule has 2 aromatic rings. The summed E-state index contributed by atoms with van der Waals surface area (Å²) in [4.78, 5) is 17.0. The van der Waals surface area contributed by atoms with Gasteiger partial charge in [0.25, 0.3) is 0 Å². The molecule has 0 radical (unpaired) electrons. The number of nitrogens with zero attached hydrogens (tertiary/aromatic N) is 2. The molecule has 28 heavy (non-hydrogen) atoms. The van der Waals surface area contributed by atoms with Gasteiger partial charge in [0.1, 0.15) is 6.29 Å². The Balaban J connectivity index is 1.69. The number of carbonyl (C=O) groups is 1. The summed E-state index contributed by atoms with van der Waals surface area (Å²) >= 11 is 5.64. The second-order valence-electron chi connectivity index (χ2n) is 7.45. The highest BCUT2D eigenvalue weighted by Crippen LogP contribution is 2.34. The number of aromatic nitrogens is 1. The third-order valence-corrected chi connectivity index (χ3v) is 5.49. The van der Waals surface area contributed by atoms with E-state index in [4.69, 9.17) is 11.6 Å². The van der Waals surface area contributed by atoms with Gasteiger partial charge in [0.15, 0.2) is 0 Å². The van der Waals surface area contributed by atoms with Gasteiger partial charge in [-0.1, -0.05) is 23.7 Å². The van der Waals surface area contributed by atoms with Crippen LogP contribution in [0.15, 0.2) is 24.4 Å². The molecule has 3 rings (SSSR count). The maximum absolute atomic E-state index is 13.0. The number of halogens is 4. The summed E-state index contributed by atoms with van der Waals surface area (Å²) in [7, 11) is 0. The molecular weight excluding hydrogens is 389 g/mol. The Morgan fingerprint density at radius 1 is 1.18 bits per heavy atom. The fraction of sp³-hybridized carbons (Fsp3) is 0.429. The van der Waals surface area contributed by atoms with E-state index in [0.29, 0.717) is 18.5 Å². The first-order chi connectivity index (χ1) is 13.2. The van der Waals surface area contributed by atoms with E-state index in [1.165, 1.54) is 5.56 Å². The van der Waals surface area contributed by atoms with Crippen LogP contribution in [0.5, 0.6) is 0 Å². The molecule has 0 atom stereocenters. The van der Waals surface area contributed by atoms with Gasteiger partial charge in [-0.25, -0.2) is 0 Å². The Labute approximate surface area is 167 Å². The van der Waals surface area contributed by atoms with Gasteiger partial charge in [-0.05, 0) is 55.0 Å². The van der Waals surface area contributed by atoms with E-state index in [2.05, 4.69) is 22.0 Å². The standard InChI is InChI=1S/C21H22ClF3N2O/c1-13-5-15(9-27-10-16(11-27)12-28)6-14(2)18(13)4-3-17-7-19(21(23,24)25)20(22)8-26-17/h5-8,12,16H,3-4,9-11H2,1-2H3. The molecule has 150 valence electrons. The van der Waals surface area contributed by atoms with Crippen LogP contribution in [0.1, 0.15) is 33.5 Å². The lowest BCUT2D eigenvalue weighted by Gasteiger charge is -2.36. The van der Waals surface area contributed by atoms with E-state index >= 15 is 0 Å². The molecular formula is C21H22ClF3N2O. The van der Waals surface area contributed by atoms with E-state index in [1.807, 2.05) is 13.8 Å². The highest BCUT2D eigenvalue weighted by atomic mass is 35.5. The van der Waals surface area contributed by atoms with Crippen LogP contribution < -0.4 is 0 Å². The van der Waals surface area contributed by atoms with Crippen molar-refractivity contribution in [1.82, 2.24) is 9.88 Å². The van der Waals surface area contributed by atoms with Crippen LogP contribution in [-0.4, -0.2) is 29.3 Å². The zero-order valence-corrected chi connectivity index (χ0v) is 16.6.